The quantitative estimate of drug-likeness (QED) is 0.608. The normalized spacial score (nSPS) is 35.1. The third-order valence-corrected chi connectivity index (χ3v) is 6.01. The second-order valence-corrected chi connectivity index (χ2v) is 10.3. The molecule has 0 saturated carbocycles. The van der Waals surface area contributed by atoms with Gasteiger partial charge in [0.15, 0.2) is 11.6 Å². The minimum absolute atomic E-state index is 0.00605. The summed E-state index contributed by atoms with van der Waals surface area (Å²) in [6.07, 6.45) is -0.140. The van der Waals surface area contributed by atoms with Crippen LogP contribution in [0, 0.1) is 5.92 Å². The molecule has 0 spiro atoms. The fraction of sp³-hybridized carbons (Fsp3) is 0.870. The fourth-order valence-corrected chi connectivity index (χ4v) is 4.72. The lowest BCUT2D eigenvalue weighted by molar-refractivity contribution is -0.337. The third kappa shape index (κ3) is 4.83. The molecule has 0 unspecified atom stereocenters. The predicted molar refractivity (Wildman–Crippen MR) is 115 cm³/mol. The van der Waals surface area contributed by atoms with Crippen LogP contribution in [-0.2, 0) is 28.4 Å². The molecule has 0 bridgehead atoms. The second-order valence-electron chi connectivity index (χ2n) is 10.3. The third-order valence-electron chi connectivity index (χ3n) is 6.01. The summed E-state index contributed by atoms with van der Waals surface area (Å²) in [6.45, 7) is 17.0. The number of hydrogen-bond acceptors (Lipinski definition) is 8. The van der Waals surface area contributed by atoms with E-state index in [1.165, 1.54) is 6.26 Å². The highest BCUT2D eigenvalue weighted by Gasteiger charge is 2.70. The van der Waals surface area contributed by atoms with Crippen LogP contribution >= 0.6 is 0 Å². The molecule has 9 heteroatoms. The van der Waals surface area contributed by atoms with Gasteiger partial charge in [-0.25, -0.2) is 4.79 Å². The van der Waals surface area contributed by atoms with Gasteiger partial charge >= 0.3 is 6.09 Å². The van der Waals surface area contributed by atoms with E-state index in [1.54, 1.807) is 31.7 Å². The lowest BCUT2D eigenvalue weighted by Gasteiger charge is -2.38. The number of amides is 1. The number of carbonyl (C=O) groups is 1. The van der Waals surface area contributed by atoms with Crippen molar-refractivity contribution in [3.8, 4) is 0 Å². The molecule has 0 aromatic heterocycles. The van der Waals surface area contributed by atoms with Crippen LogP contribution in [0.2, 0.25) is 0 Å². The molecule has 3 rings (SSSR count). The van der Waals surface area contributed by atoms with Crippen LogP contribution in [0.5, 0.6) is 0 Å². The molecular weight excluding hydrogens is 418 g/mol. The van der Waals surface area contributed by atoms with Crippen LogP contribution < -0.4 is 0 Å². The molecule has 0 aromatic rings. The van der Waals surface area contributed by atoms with Crippen molar-refractivity contribution in [2.75, 3.05) is 6.61 Å². The zero-order chi connectivity index (χ0) is 24.1. The summed E-state index contributed by atoms with van der Waals surface area (Å²) in [5.74, 6) is -3.66. The van der Waals surface area contributed by atoms with Crippen molar-refractivity contribution in [3.05, 3.63) is 12.3 Å². The maximum Gasteiger partial charge on any atom is 0.415 e. The van der Waals surface area contributed by atoms with Crippen LogP contribution in [0.15, 0.2) is 12.3 Å². The van der Waals surface area contributed by atoms with Crippen LogP contribution in [-0.4, -0.2) is 76.6 Å². The minimum Gasteiger partial charge on any atom is -0.418 e. The van der Waals surface area contributed by atoms with Crippen LogP contribution in [0.4, 0.5) is 4.79 Å². The largest absolute Gasteiger partial charge is 0.418 e. The molecule has 32 heavy (non-hydrogen) atoms. The monoisotopic (exact) mass is 457 g/mol. The molecule has 9 nitrogen and oxygen atoms in total. The van der Waals surface area contributed by atoms with E-state index in [1.807, 2.05) is 41.5 Å². The maximum absolute atomic E-state index is 12.4. The van der Waals surface area contributed by atoms with E-state index in [-0.39, 0.29) is 12.1 Å². The van der Waals surface area contributed by atoms with Crippen molar-refractivity contribution in [1.82, 2.24) is 4.90 Å². The van der Waals surface area contributed by atoms with Crippen LogP contribution in [0.3, 0.4) is 0 Å². The lowest BCUT2D eigenvalue weighted by Crippen LogP contribution is -2.54. The molecule has 3 aliphatic rings. The summed E-state index contributed by atoms with van der Waals surface area (Å²) >= 11 is 0. The van der Waals surface area contributed by atoms with Gasteiger partial charge in [0, 0.05) is 18.0 Å². The molecule has 1 amide bonds. The molecule has 3 aliphatic heterocycles. The SMILES string of the molecule is CC(C)N(C(=O)O/C=C\[C@@H](C)[C@@H](O)[C@@]12O[C@H]3COC(C)(C)O[C@H]3[C@@H]1OC(C)(C)O2)C(C)C. The van der Waals surface area contributed by atoms with Crippen molar-refractivity contribution < 1.29 is 38.3 Å². The summed E-state index contributed by atoms with van der Waals surface area (Å²) in [7, 11) is 0. The van der Waals surface area contributed by atoms with Gasteiger partial charge in [0.1, 0.15) is 24.4 Å². The first-order valence-electron chi connectivity index (χ1n) is 11.4. The van der Waals surface area contributed by atoms with E-state index in [0.29, 0.717) is 6.61 Å². The molecule has 3 fully saturated rings. The molecule has 3 saturated heterocycles. The minimum atomic E-state index is -1.43. The van der Waals surface area contributed by atoms with Crippen LogP contribution in [0.1, 0.15) is 62.3 Å². The first-order valence-corrected chi connectivity index (χ1v) is 11.4. The Labute approximate surface area is 190 Å². The molecule has 3 heterocycles. The Morgan fingerprint density at radius 3 is 2.25 bits per heavy atom. The number of nitrogens with zero attached hydrogens (tertiary/aromatic N) is 1. The topological polar surface area (TPSA) is 95.9 Å². The highest BCUT2D eigenvalue weighted by Crippen LogP contribution is 2.51. The smallest absolute Gasteiger partial charge is 0.415 e. The van der Waals surface area contributed by atoms with Crippen molar-refractivity contribution >= 4 is 6.09 Å². The Morgan fingerprint density at radius 1 is 1.03 bits per heavy atom. The van der Waals surface area contributed by atoms with Crippen molar-refractivity contribution in [2.24, 2.45) is 5.92 Å². The fourth-order valence-electron chi connectivity index (χ4n) is 4.72. The van der Waals surface area contributed by atoms with Crippen LogP contribution in [0.25, 0.3) is 0 Å². The van der Waals surface area contributed by atoms with E-state index < -0.39 is 53.8 Å². The number of rotatable bonds is 6. The van der Waals surface area contributed by atoms with E-state index in [9.17, 15) is 9.90 Å². The van der Waals surface area contributed by atoms with E-state index in [4.69, 9.17) is 28.4 Å². The first kappa shape index (κ1) is 25.4. The van der Waals surface area contributed by atoms with E-state index >= 15 is 0 Å². The van der Waals surface area contributed by atoms with E-state index in [0.717, 1.165) is 0 Å². The summed E-state index contributed by atoms with van der Waals surface area (Å²) in [6, 6.07) is 0.0121. The average molecular weight is 458 g/mol. The summed E-state index contributed by atoms with van der Waals surface area (Å²) < 4.78 is 35.6. The second kappa shape index (κ2) is 8.85. The summed E-state index contributed by atoms with van der Waals surface area (Å²) in [5.41, 5.74) is 0. The summed E-state index contributed by atoms with van der Waals surface area (Å²) in [5, 5.41) is 11.3. The Hall–Kier alpha value is -1.23. The molecule has 184 valence electrons. The van der Waals surface area contributed by atoms with E-state index in [2.05, 4.69) is 0 Å². The van der Waals surface area contributed by atoms with Gasteiger partial charge in [0.25, 0.3) is 0 Å². The Kier molecular flexibility index (Phi) is 7.02. The number of aliphatic hydroxyl groups is 1. The van der Waals surface area contributed by atoms with Gasteiger partial charge in [-0.2, -0.15) is 0 Å². The first-order chi connectivity index (χ1) is 14.7. The van der Waals surface area contributed by atoms with Gasteiger partial charge in [0.2, 0.25) is 5.79 Å². The molecule has 0 aliphatic carbocycles. The highest BCUT2D eigenvalue weighted by atomic mass is 16.9. The van der Waals surface area contributed by atoms with Gasteiger partial charge in [-0.1, -0.05) is 6.92 Å². The standard InChI is InChI=1S/C23H39NO8/c1-13(2)24(14(3)4)20(26)27-11-10-15(5)18(25)23-19(31-22(8,9)32-23)17-16(29-23)12-28-21(6,7)30-17/h10-11,13-19,25H,12H2,1-9H3/b11-10-/t15-,16+,17-,18-,19+,23+/m1/s1. The van der Waals surface area contributed by atoms with Gasteiger partial charge in [-0.05, 0) is 61.5 Å². The number of aliphatic hydroxyl groups excluding tert-OH is 1. The zero-order valence-electron chi connectivity index (χ0n) is 20.7. The highest BCUT2D eigenvalue weighted by molar-refractivity contribution is 5.68. The lowest BCUT2D eigenvalue weighted by atomic mass is 9.91. The number of carbonyl (C=O) groups excluding carboxylic acids is 1. The Balaban J connectivity index is 1.74. The van der Waals surface area contributed by atoms with Crippen molar-refractivity contribution in [1.29, 1.82) is 0 Å². The van der Waals surface area contributed by atoms with Crippen molar-refractivity contribution in [3.63, 3.8) is 0 Å². The molecule has 0 radical (unpaired) electrons. The molecule has 0 aromatic carbocycles. The molecule has 1 N–H and O–H groups in total. The van der Waals surface area contributed by atoms with Crippen molar-refractivity contribution in [2.45, 2.75) is 116 Å². The molecule has 6 atom stereocenters. The Morgan fingerprint density at radius 2 is 1.66 bits per heavy atom. The Bertz CT molecular complexity index is 713. The number of ether oxygens (including phenoxy) is 6. The number of hydrogen-bond donors (Lipinski definition) is 1. The summed E-state index contributed by atoms with van der Waals surface area (Å²) in [4.78, 5) is 14.1. The zero-order valence-corrected chi connectivity index (χ0v) is 20.7. The maximum atomic E-state index is 12.4. The van der Waals surface area contributed by atoms with Gasteiger partial charge in [-0.15, -0.1) is 0 Å². The predicted octanol–water partition coefficient (Wildman–Crippen LogP) is 3.15. The molecular formula is C23H39NO8. The van der Waals surface area contributed by atoms with Gasteiger partial charge < -0.3 is 38.4 Å². The van der Waals surface area contributed by atoms with Gasteiger partial charge in [0.05, 0.1) is 12.9 Å². The average Bonchev–Trinajstić information content (AvgIpc) is 3.07. The number of fused-ring (bicyclic) bond motifs is 3. The van der Waals surface area contributed by atoms with Gasteiger partial charge in [-0.3, -0.25) is 0 Å².